The number of esters is 1. The molecule has 0 saturated carbocycles. The fourth-order valence-electron chi connectivity index (χ4n) is 2.49. The van der Waals surface area contributed by atoms with Gasteiger partial charge in [0.2, 0.25) is 0 Å². The van der Waals surface area contributed by atoms with Crippen molar-refractivity contribution in [2.24, 2.45) is 0 Å². The second-order valence-electron chi connectivity index (χ2n) is 5.73. The molecular formula is C15H15N3O2Si. The average molecular weight is 297 g/mol. The summed E-state index contributed by atoms with van der Waals surface area (Å²) in [5.74, 6) is -0.508. The topological polar surface area (TPSA) is 78.3 Å². The maximum Gasteiger partial charge on any atom is 0.340 e. The Hall–Kier alpha value is -2.57. The number of carbonyl (C=O) groups excluding carboxylic acids is 1. The Labute approximate surface area is 124 Å². The van der Waals surface area contributed by atoms with E-state index in [2.05, 4.69) is 31.8 Å². The van der Waals surface area contributed by atoms with Crippen LogP contribution in [-0.2, 0) is 4.74 Å². The van der Waals surface area contributed by atoms with Crippen LogP contribution in [0.15, 0.2) is 18.3 Å². The molecule has 0 aromatic carbocycles. The van der Waals surface area contributed by atoms with Crippen molar-refractivity contribution >= 4 is 24.7 Å². The molecule has 0 fully saturated rings. The summed E-state index contributed by atoms with van der Waals surface area (Å²) in [6, 6.07) is 7.53. The van der Waals surface area contributed by atoms with Gasteiger partial charge < -0.3 is 9.14 Å². The molecule has 0 unspecified atom stereocenters. The SMILES string of the molecule is COC(=O)c1c([Si](C)(C)C)c2cc(C#N)ccn2c1C#N. The van der Waals surface area contributed by atoms with E-state index in [1.54, 1.807) is 22.7 Å². The van der Waals surface area contributed by atoms with Crippen LogP contribution in [0.2, 0.25) is 19.6 Å². The highest BCUT2D eigenvalue weighted by atomic mass is 28.3. The number of hydrogen-bond acceptors (Lipinski definition) is 4. The molecule has 0 radical (unpaired) electrons. The first kappa shape index (κ1) is 14.8. The maximum atomic E-state index is 12.2. The summed E-state index contributed by atoms with van der Waals surface area (Å²) in [4.78, 5) is 12.2. The minimum Gasteiger partial charge on any atom is -0.465 e. The van der Waals surface area contributed by atoms with Crippen molar-refractivity contribution in [3.8, 4) is 12.1 Å². The second-order valence-corrected chi connectivity index (χ2v) is 10.7. The molecule has 0 aliphatic carbocycles. The Balaban J connectivity index is 3.03. The van der Waals surface area contributed by atoms with Gasteiger partial charge in [-0.3, -0.25) is 0 Å². The normalized spacial score (nSPS) is 11.0. The van der Waals surface area contributed by atoms with Crippen LogP contribution in [0.4, 0.5) is 0 Å². The fraction of sp³-hybridized carbons (Fsp3) is 0.267. The summed E-state index contributed by atoms with van der Waals surface area (Å²) in [5.41, 5.74) is 1.83. The molecule has 5 nitrogen and oxygen atoms in total. The summed E-state index contributed by atoms with van der Waals surface area (Å²) in [7, 11) is -0.629. The van der Waals surface area contributed by atoms with E-state index in [9.17, 15) is 10.1 Å². The van der Waals surface area contributed by atoms with Crippen molar-refractivity contribution in [2.75, 3.05) is 7.11 Å². The summed E-state index contributed by atoms with van der Waals surface area (Å²) < 4.78 is 6.52. The zero-order chi connectivity index (χ0) is 15.8. The molecule has 21 heavy (non-hydrogen) atoms. The molecule has 2 heterocycles. The Bertz CT molecular complexity index is 817. The lowest BCUT2D eigenvalue weighted by atomic mass is 10.2. The first-order valence-electron chi connectivity index (χ1n) is 6.42. The lowest BCUT2D eigenvalue weighted by Gasteiger charge is -2.17. The number of nitriles is 2. The average Bonchev–Trinajstić information content (AvgIpc) is 2.79. The van der Waals surface area contributed by atoms with Crippen LogP contribution in [0.5, 0.6) is 0 Å². The van der Waals surface area contributed by atoms with E-state index in [0.717, 1.165) is 10.7 Å². The molecule has 0 aliphatic rings. The van der Waals surface area contributed by atoms with Gasteiger partial charge in [-0.2, -0.15) is 10.5 Å². The number of carbonyl (C=O) groups is 1. The Kier molecular flexibility index (Phi) is 3.59. The van der Waals surface area contributed by atoms with Crippen molar-refractivity contribution in [2.45, 2.75) is 19.6 Å². The second kappa shape index (κ2) is 5.08. The molecule has 106 valence electrons. The number of rotatable bonds is 2. The summed E-state index contributed by atoms with van der Waals surface area (Å²) in [6.45, 7) is 6.28. The van der Waals surface area contributed by atoms with E-state index in [1.165, 1.54) is 7.11 Å². The number of nitrogens with zero attached hydrogens (tertiary/aromatic N) is 3. The van der Waals surface area contributed by atoms with Crippen molar-refractivity contribution < 1.29 is 9.53 Å². The van der Waals surface area contributed by atoms with Crippen molar-refractivity contribution in [1.29, 1.82) is 10.5 Å². The van der Waals surface area contributed by atoms with Gasteiger partial charge in [0.25, 0.3) is 0 Å². The van der Waals surface area contributed by atoms with Crippen LogP contribution in [0.1, 0.15) is 21.6 Å². The van der Waals surface area contributed by atoms with Gasteiger partial charge >= 0.3 is 5.97 Å². The minimum atomic E-state index is -1.93. The van der Waals surface area contributed by atoms with Crippen LogP contribution in [0.25, 0.3) is 5.52 Å². The van der Waals surface area contributed by atoms with Gasteiger partial charge in [0.15, 0.2) is 0 Å². The van der Waals surface area contributed by atoms with E-state index in [4.69, 9.17) is 10.00 Å². The molecule has 0 aliphatic heterocycles. The molecule has 0 atom stereocenters. The number of hydrogen-bond donors (Lipinski definition) is 0. The van der Waals surface area contributed by atoms with Gasteiger partial charge in [-0.05, 0) is 17.3 Å². The molecule has 0 spiro atoms. The maximum absolute atomic E-state index is 12.2. The molecule has 0 amide bonds. The van der Waals surface area contributed by atoms with E-state index in [0.29, 0.717) is 11.1 Å². The lowest BCUT2D eigenvalue weighted by molar-refractivity contribution is 0.0602. The summed E-state index contributed by atoms with van der Waals surface area (Å²) in [5, 5.41) is 19.4. The monoisotopic (exact) mass is 297 g/mol. The van der Waals surface area contributed by atoms with Crippen LogP contribution in [-0.4, -0.2) is 25.6 Å². The van der Waals surface area contributed by atoms with Crippen molar-refractivity contribution in [3.05, 3.63) is 35.2 Å². The third kappa shape index (κ3) is 2.30. The van der Waals surface area contributed by atoms with Crippen LogP contribution < -0.4 is 5.19 Å². The highest BCUT2D eigenvalue weighted by Crippen LogP contribution is 2.21. The molecule has 0 N–H and O–H groups in total. The number of fused-ring (bicyclic) bond motifs is 1. The number of ether oxygens (including phenoxy) is 1. The smallest absolute Gasteiger partial charge is 0.340 e. The third-order valence-electron chi connectivity index (χ3n) is 3.31. The van der Waals surface area contributed by atoms with Crippen LogP contribution in [0.3, 0.4) is 0 Å². The Morgan fingerprint density at radius 2 is 1.95 bits per heavy atom. The molecule has 2 rings (SSSR count). The van der Waals surface area contributed by atoms with E-state index >= 15 is 0 Å². The summed E-state index contributed by atoms with van der Waals surface area (Å²) in [6.07, 6.45) is 1.66. The Morgan fingerprint density at radius 1 is 1.29 bits per heavy atom. The van der Waals surface area contributed by atoms with E-state index < -0.39 is 14.0 Å². The largest absolute Gasteiger partial charge is 0.465 e. The van der Waals surface area contributed by atoms with Gasteiger partial charge in [0.1, 0.15) is 11.8 Å². The van der Waals surface area contributed by atoms with Gasteiger partial charge in [0, 0.05) is 11.7 Å². The molecule has 2 aromatic rings. The van der Waals surface area contributed by atoms with Crippen molar-refractivity contribution in [1.82, 2.24) is 4.40 Å². The highest BCUT2D eigenvalue weighted by Gasteiger charge is 2.32. The molecule has 0 saturated heterocycles. The van der Waals surface area contributed by atoms with E-state index in [1.807, 2.05) is 0 Å². The fourth-order valence-corrected chi connectivity index (χ4v) is 4.43. The van der Waals surface area contributed by atoms with Gasteiger partial charge in [-0.1, -0.05) is 19.6 Å². The third-order valence-corrected chi connectivity index (χ3v) is 5.32. The van der Waals surface area contributed by atoms with Crippen LogP contribution in [0, 0.1) is 22.7 Å². The van der Waals surface area contributed by atoms with E-state index in [-0.39, 0.29) is 5.69 Å². The summed E-state index contributed by atoms with van der Waals surface area (Å²) >= 11 is 0. The zero-order valence-corrected chi connectivity index (χ0v) is 13.4. The first-order valence-corrected chi connectivity index (χ1v) is 9.92. The highest BCUT2D eigenvalue weighted by molar-refractivity contribution is 6.91. The van der Waals surface area contributed by atoms with Gasteiger partial charge in [-0.25, -0.2) is 4.79 Å². The Morgan fingerprint density at radius 3 is 2.43 bits per heavy atom. The molecule has 2 aromatic heterocycles. The van der Waals surface area contributed by atoms with Crippen molar-refractivity contribution in [3.63, 3.8) is 0 Å². The quantitative estimate of drug-likeness (QED) is 0.627. The lowest BCUT2D eigenvalue weighted by Crippen LogP contribution is -2.41. The van der Waals surface area contributed by atoms with Gasteiger partial charge in [0.05, 0.1) is 32.4 Å². The van der Waals surface area contributed by atoms with Gasteiger partial charge in [-0.15, -0.1) is 0 Å². The predicted molar refractivity (Wildman–Crippen MR) is 81.1 cm³/mol. The molecular weight excluding hydrogens is 282 g/mol. The predicted octanol–water partition coefficient (Wildman–Crippen LogP) is 2.01. The first-order chi connectivity index (χ1) is 9.85. The standard InChI is InChI=1S/C15H15N3O2Si/c1-20-15(19)13-12(9-17)18-6-5-10(8-16)7-11(18)14(13)21(2,3)4/h5-7H,1-4H3. The zero-order valence-electron chi connectivity index (χ0n) is 12.4. The number of aromatic nitrogens is 1. The van der Waals surface area contributed by atoms with Crippen LogP contribution >= 0.6 is 0 Å². The number of methoxy groups -OCH3 is 1. The number of pyridine rings is 1. The molecule has 6 heteroatoms. The molecule has 0 bridgehead atoms. The minimum absolute atomic E-state index is 0.263.